The van der Waals surface area contributed by atoms with Crippen LogP contribution in [0.3, 0.4) is 0 Å². The Labute approximate surface area is 222 Å². The third kappa shape index (κ3) is 6.99. The van der Waals surface area contributed by atoms with Crippen molar-refractivity contribution in [3.63, 3.8) is 0 Å². The van der Waals surface area contributed by atoms with E-state index in [1.807, 2.05) is 20.8 Å². The summed E-state index contributed by atoms with van der Waals surface area (Å²) < 4.78 is 52.1. The predicted molar refractivity (Wildman–Crippen MR) is 141 cm³/mol. The van der Waals surface area contributed by atoms with Gasteiger partial charge >= 0.3 is 0 Å². The number of methoxy groups -OCH3 is 2. The molecule has 1 atom stereocenters. The SMILES string of the molecule is COCC1=NCC(NS(=O)(=O)c2ccc(C(C)(C)C)cc2)(Oc2cc(OC)ccc2Cl)C(OCCO)=N1. The molecule has 0 saturated heterocycles. The zero-order chi connectivity index (χ0) is 27.3. The molecule has 0 bridgehead atoms. The molecule has 3 rings (SSSR count). The van der Waals surface area contributed by atoms with E-state index in [1.165, 1.54) is 32.4 Å². The number of ether oxygens (including phenoxy) is 4. The van der Waals surface area contributed by atoms with Gasteiger partial charge in [-0.25, -0.2) is 8.42 Å². The Morgan fingerprint density at radius 1 is 1.14 bits per heavy atom. The minimum atomic E-state index is -4.19. The van der Waals surface area contributed by atoms with Crippen molar-refractivity contribution in [1.29, 1.82) is 0 Å². The van der Waals surface area contributed by atoms with E-state index in [0.29, 0.717) is 5.75 Å². The molecule has 2 aromatic carbocycles. The Balaban J connectivity index is 2.09. The van der Waals surface area contributed by atoms with E-state index in [-0.39, 0.29) is 59.2 Å². The Bertz CT molecular complexity index is 1260. The Hall–Kier alpha value is -2.70. The van der Waals surface area contributed by atoms with Gasteiger partial charge in [0.25, 0.3) is 11.6 Å². The fraction of sp³-hybridized carbons (Fsp3) is 0.440. The van der Waals surface area contributed by atoms with Gasteiger partial charge in [-0.2, -0.15) is 9.71 Å². The average Bonchev–Trinajstić information content (AvgIpc) is 2.85. The molecular formula is C25H32ClN3O7S. The van der Waals surface area contributed by atoms with Crippen molar-refractivity contribution in [2.75, 3.05) is 40.6 Å². The van der Waals surface area contributed by atoms with E-state index in [0.717, 1.165) is 5.56 Å². The normalized spacial score (nSPS) is 18.1. The molecule has 0 fully saturated rings. The second-order valence-corrected chi connectivity index (χ2v) is 11.3. The van der Waals surface area contributed by atoms with Gasteiger partial charge in [-0.15, -0.1) is 0 Å². The van der Waals surface area contributed by atoms with Crippen LogP contribution in [0.1, 0.15) is 26.3 Å². The van der Waals surface area contributed by atoms with E-state index < -0.39 is 15.7 Å². The molecule has 12 heteroatoms. The van der Waals surface area contributed by atoms with Crippen LogP contribution >= 0.6 is 11.6 Å². The summed E-state index contributed by atoms with van der Waals surface area (Å²) in [7, 11) is -1.24. The highest BCUT2D eigenvalue weighted by molar-refractivity contribution is 7.89. The number of rotatable bonds is 10. The van der Waals surface area contributed by atoms with E-state index in [4.69, 9.17) is 30.5 Å². The highest BCUT2D eigenvalue weighted by Gasteiger charge is 2.47. The third-order valence-corrected chi connectivity index (χ3v) is 7.22. The number of amidine groups is 1. The van der Waals surface area contributed by atoms with Crippen molar-refractivity contribution in [2.24, 2.45) is 9.98 Å². The number of benzene rings is 2. The van der Waals surface area contributed by atoms with Crippen molar-refractivity contribution in [3.05, 3.63) is 53.1 Å². The summed E-state index contributed by atoms with van der Waals surface area (Å²) in [4.78, 5) is 8.70. The van der Waals surface area contributed by atoms with Gasteiger partial charge in [0.1, 0.15) is 31.3 Å². The third-order valence-electron chi connectivity index (χ3n) is 5.42. The maximum atomic E-state index is 13.6. The first-order valence-electron chi connectivity index (χ1n) is 11.5. The Kier molecular flexibility index (Phi) is 9.19. The second-order valence-electron chi connectivity index (χ2n) is 9.26. The first-order valence-corrected chi connectivity index (χ1v) is 13.3. The number of halogens is 1. The van der Waals surface area contributed by atoms with E-state index in [1.54, 1.807) is 24.3 Å². The highest BCUT2D eigenvalue weighted by atomic mass is 35.5. The number of hydrogen-bond donors (Lipinski definition) is 2. The zero-order valence-corrected chi connectivity index (χ0v) is 23.0. The van der Waals surface area contributed by atoms with E-state index >= 15 is 0 Å². The van der Waals surface area contributed by atoms with Crippen LogP contribution in [0.4, 0.5) is 0 Å². The second kappa shape index (κ2) is 11.8. The van der Waals surface area contributed by atoms with Crippen molar-refractivity contribution < 1.29 is 32.5 Å². The van der Waals surface area contributed by atoms with Crippen molar-refractivity contribution in [3.8, 4) is 11.5 Å². The number of aliphatic imine (C=N–C) groups is 2. The fourth-order valence-electron chi connectivity index (χ4n) is 3.47. The number of sulfonamides is 1. The highest BCUT2D eigenvalue weighted by Crippen LogP contribution is 2.33. The van der Waals surface area contributed by atoms with Crippen LogP contribution in [0.25, 0.3) is 0 Å². The van der Waals surface area contributed by atoms with Gasteiger partial charge in [0.15, 0.2) is 5.84 Å². The standard InChI is InChI=1S/C25H32ClN3O7S/c1-24(2,3)17-6-9-19(10-7-17)37(31,32)29-25(36-21-14-18(34-5)8-11-20(21)26)16-27-22(15-33-4)28-23(25)35-13-12-30/h6-11,14,29-30H,12-13,15-16H2,1-5H3. The lowest BCUT2D eigenvalue weighted by atomic mass is 9.87. The minimum Gasteiger partial charge on any atom is -0.497 e. The molecule has 1 heterocycles. The van der Waals surface area contributed by atoms with Crippen LogP contribution in [0.15, 0.2) is 57.3 Å². The summed E-state index contributed by atoms with van der Waals surface area (Å²) in [5.74, 6) is 0.652. The van der Waals surface area contributed by atoms with Gasteiger partial charge in [0, 0.05) is 13.2 Å². The summed E-state index contributed by atoms with van der Waals surface area (Å²) in [6, 6.07) is 11.2. The van der Waals surface area contributed by atoms with Gasteiger partial charge in [-0.05, 0) is 35.2 Å². The lowest BCUT2D eigenvalue weighted by Crippen LogP contribution is -2.63. The van der Waals surface area contributed by atoms with E-state index in [2.05, 4.69) is 14.7 Å². The largest absolute Gasteiger partial charge is 0.497 e. The molecule has 1 aliphatic heterocycles. The molecule has 0 radical (unpaired) electrons. The van der Waals surface area contributed by atoms with Gasteiger partial charge in [0.05, 0.1) is 23.6 Å². The molecule has 1 aliphatic rings. The van der Waals surface area contributed by atoms with Crippen molar-refractivity contribution in [2.45, 2.75) is 36.8 Å². The lowest BCUT2D eigenvalue weighted by Gasteiger charge is -2.36. The van der Waals surface area contributed by atoms with Crippen LogP contribution < -0.4 is 14.2 Å². The average molecular weight is 554 g/mol. The topological polar surface area (TPSA) is 128 Å². The molecule has 0 spiro atoms. The molecule has 0 saturated carbocycles. The molecule has 0 aromatic heterocycles. The van der Waals surface area contributed by atoms with Crippen LogP contribution in [0.2, 0.25) is 5.02 Å². The number of nitrogens with zero attached hydrogens (tertiary/aromatic N) is 2. The smallest absolute Gasteiger partial charge is 0.269 e. The van der Waals surface area contributed by atoms with Crippen LogP contribution in [-0.2, 0) is 24.9 Å². The van der Waals surface area contributed by atoms with Crippen LogP contribution in [-0.4, -0.2) is 71.6 Å². The first-order chi connectivity index (χ1) is 17.4. The molecule has 37 heavy (non-hydrogen) atoms. The van der Waals surface area contributed by atoms with Crippen LogP contribution in [0, 0.1) is 0 Å². The maximum Gasteiger partial charge on any atom is 0.269 e. The number of aliphatic hydroxyl groups excluding tert-OH is 1. The zero-order valence-electron chi connectivity index (χ0n) is 21.4. The van der Waals surface area contributed by atoms with Gasteiger partial charge in [-0.1, -0.05) is 44.5 Å². The summed E-state index contributed by atoms with van der Waals surface area (Å²) >= 11 is 6.38. The quantitative estimate of drug-likeness (QED) is 0.432. The molecular weight excluding hydrogens is 522 g/mol. The molecule has 2 aromatic rings. The molecule has 1 unspecified atom stereocenters. The van der Waals surface area contributed by atoms with Crippen molar-refractivity contribution in [1.82, 2.24) is 4.72 Å². The number of aliphatic hydroxyl groups is 1. The summed E-state index contributed by atoms with van der Waals surface area (Å²) in [6.07, 6.45) is 0. The molecule has 10 nitrogen and oxygen atoms in total. The molecule has 0 amide bonds. The lowest BCUT2D eigenvalue weighted by molar-refractivity contribution is 0.0893. The molecule has 2 N–H and O–H groups in total. The number of hydrogen-bond acceptors (Lipinski definition) is 9. The summed E-state index contributed by atoms with van der Waals surface area (Å²) in [5.41, 5.74) is -1.11. The van der Waals surface area contributed by atoms with Gasteiger partial charge in [-0.3, -0.25) is 4.99 Å². The Morgan fingerprint density at radius 3 is 2.43 bits per heavy atom. The fourth-order valence-corrected chi connectivity index (χ4v) is 4.87. The summed E-state index contributed by atoms with van der Waals surface area (Å²) in [5, 5.41) is 9.59. The van der Waals surface area contributed by atoms with Gasteiger partial charge in [0.2, 0.25) is 10.0 Å². The minimum absolute atomic E-state index is 0.00777. The maximum absolute atomic E-state index is 13.6. The molecule has 0 aliphatic carbocycles. The predicted octanol–water partition coefficient (Wildman–Crippen LogP) is 3.17. The first kappa shape index (κ1) is 28.9. The van der Waals surface area contributed by atoms with Crippen LogP contribution in [0.5, 0.6) is 11.5 Å². The van der Waals surface area contributed by atoms with Crippen molar-refractivity contribution >= 4 is 33.4 Å². The summed E-state index contributed by atoms with van der Waals surface area (Å²) in [6.45, 7) is 5.41. The van der Waals surface area contributed by atoms with E-state index in [9.17, 15) is 13.5 Å². The molecule has 202 valence electrons. The monoisotopic (exact) mass is 553 g/mol. The van der Waals surface area contributed by atoms with Gasteiger partial charge < -0.3 is 24.1 Å². The Morgan fingerprint density at radius 2 is 1.84 bits per heavy atom. The number of nitrogens with one attached hydrogen (secondary N) is 1.